The highest BCUT2D eigenvalue weighted by molar-refractivity contribution is 5.98. The van der Waals surface area contributed by atoms with Crippen LogP contribution in [0.5, 0.6) is 5.75 Å². The van der Waals surface area contributed by atoms with Crippen LogP contribution >= 0.6 is 0 Å². The number of carbonyl (C=O) groups excluding carboxylic acids is 3. The lowest BCUT2D eigenvalue weighted by Gasteiger charge is -2.24. The van der Waals surface area contributed by atoms with E-state index >= 15 is 0 Å². The van der Waals surface area contributed by atoms with Crippen LogP contribution in [0, 0.1) is 5.92 Å². The molecule has 0 radical (unpaired) electrons. The van der Waals surface area contributed by atoms with Gasteiger partial charge in [0.2, 0.25) is 17.7 Å². The topological polar surface area (TPSA) is 137 Å². The first kappa shape index (κ1) is 23.2. The molecular formula is C23H28N4O5. The van der Waals surface area contributed by atoms with Crippen LogP contribution in [0.25, 0.3) is 11.1 Å². The number of ether oxygens (including phenoxy) is 1. The summed E-state index contributed by atoms with van der Waals surface area (Å²) in [6, 6.07) is 9.92. The van der Waals surface area contributed by atoms with Crippen LogP contribution in [0.2, 0.25) is 0 Å². The van der Waals surface area contributed by atoms with E-state index < -0.39 is 17.9 Å². The molecule has 0 saturated carbocycles. The molecule has 1 aliphatic heterocycles. The van der Waals surface area contributed by atoms with Gasteiger partial charge in [-0.2, -0.15) is 5.06 Å². The third-order valence-electron chi connectivity index (χ3n) is 5.50. The lowest BCUT2D eigenvalue weighted by Crippen LogP contribution is -2.42. The zero-order chi connectivity index (χ0) is 23.4. The van der Waals surface area contributed by atoms with Crippen molar-refractivity contribution in [3.63, 3.8) is 0 Å². The maximum absolute atomic E-state index is 12.0. The van der Waals surface area contributed by atoms with Crippen molar-refractivity contribution < 1.29 is 24.0 Å². The molecule has 170 valence electrons. The number of nitrogens with zero attached hydrogens (tertiary/aromatic N) is 1. The molecule has 1 saturated heterocycles. The second-order valence-corrected chi connectivity index (χ2v) is 7.73. The van der Waals surface area contributed by atoms with Gasteiger partial charge < -0.3 is 21.5 Å². The second-order valence-electron chi connectivity index (χ2n) is 7.73. The summed E-state index contributed by atoms with van der Waals surface area (Å²) in [7, 11) is 1.54. The number of primary amides is 2. The fraction of sp³-hybridized carbons (Fsp3) is 0.348. The van der Waals surface area contributed by atoms with Gasteiger partial charge >= 0.3 is 0 Å². The van der Waals surface area contributed by atoms with Crippen LogP contribution in [0.3, 0.4) is 0 Å². The first-order chi connectivity index (χ1) is 15.2. The average molecular weight is 441 g/mol. The van der Waals surface area contributed by atoms with E-state index in [4.69, 9.17) is 21.0 Å². The van der Waals surface area contributed by atoms with Gasteiger partial charge in [0.1, 0.15) is 11.8 Å². The van der Waals surface area contributed by atoms with Crippen molar-refractivity contribution >= 4 is 23.4 Å². The fourth-order valence-electron chi connectivity index (χ4n) is 4.00. The van der Waals surface area contributed by atoms with Crippen molar-refractivity contribution in [1.29, 1.82) is 0 Å². The number of hydrogen-bond donors (Lipinski definition) is 3. The number of nitrogens with two attached hydrogens (primary N) is 2. The predicted octanol–water partition coefficient (Wildman–Crippen LogP) is 2.05. The van der Waals surface area contributed by atoms with Crippen LogP contribution in [-0.2, 0) is 21.0 Å². The Morgan fingerprint density at radius 2 is 1.97 bits per heavy atom. The third-order valence-corrected chi connectivity index (χ3v) is 5.50. The summed E-state index contributed by atoms with van der Waals surface area (Å²) < 4.78 is 5.71. The lowest BCUT2D eigenvalue weighted by atomic mass is 9.96. The van der Waals surface area contributed by atoms with Gasteiger partial charge in [0.05, 0.1) is 20.3 Å². The molecule has 2 atom stereocenters. The lowest BCUT2D eigenvalue weighted by molar-refractivity contribution is -0.155. The Balaban J connectivity index is 2.03. The highest BCUT2D eigenvalue weighted by atomic mass is 16.7. The molecule has 1 aliphatic rings. The zero-order valence-corrected chi connectivity index (χ0v) is 18.4. The quantitative estimate of drug-likeness (QED) is 0.575. The van der Waals surface area contributed by atoms with Crippen molar-refractivity contribution in [2.45, 2.75) is 32.9 Å². The summed E-state index contributed by atoms with van der Waals surface area (Å²) in [6.45, 7) is 4.08. The SMILES string of the molecule is CCC1CON(Cc2cccc(-c3cc(NC(C)=O)cc(C(N)=O)c3)c2OC)[C@@H]1C(N)=O. The molecule has 32 heavy (non-hydrogen) atoms. The Bertz CT molecular complexity index is 1040. The Morgan fingerprint density at radius 3 is 2.56 bits per heavy atom. The molecule has 1 fully saturated rings. The Hall–Kier alpha value is -3.43. The van der Waals surface area contributed by atoms with Gasteiger partial charge in [0.15, 0.2) is 0 Å². The predicted molar refractivity (Wildman–Crippen MR) is 120 cm³/mol. The number of hydroxylamine groups is 2. The van der Waals surface area contributed by atoms with E-state index in [9.17, 15) is 14.4 Å². The smallest absolute Gasteiger partial charge is 0.248 e. The van der Waals surface area contributed by atoms with Gasteiger partial charge in [-0.3, -0.25) is 19.2 Å². The van der Waals surface area contributed by atoms with Crippen LogP contribution < -0.4 is 21.5 Å². The van der Waals surface area contributed by atoms with Crippen molar-refractivity contribution in [2.24, 2.45) is 17.4 Å². The van der Waals surface area contributed by atoms with E-state index in [0.29, 0.717) is 29.2 Å². The summed E-state index contributed by atoms with van der Waals surface area (Å²) in [4.78, 5) is 41.2. The number of anilines is 1. The highest BCUT2D eigenvalue weighted by Gasteiger charge is 2.39. The van der Waals surface area contributed by atoms with E-state index in [1.165, 1.54) is 13.0 Å². The molecule has 2 aromatic carbocycles. The van der Waals surface area contributed by atoms with E-state index in [0.717, 1.165) is 12.0 Å². The minimum Gasteiger partial charge on any atom is -0.496 e. The minimum atomic E-state index is -0.617. The van der Waals surface area contributed by atoms with E-state index in [2.05, 4.69) is 5.32 Å². The number of amides is 3. The van der Waals surface area contributed by atoms with E-state index in [1.54, 1.807) is 24.3 Å². The van der Waals surface area contributed by atoms with Crippen LogP contribution in [0.4, 0.5) is 5.69 Å². The summed E-state index contributed by atoms with van der Waals surface area (Å²) in [5.74, 6) is -0.747. The number of para-hydroxylation sites is 1. The molecule has 3 rings (SSSR count). The summed E-state index contributed by atoms with van der Waals surface area (Å²) in [6.07, 6.45) is 0.771. The number of carbonyl (C=O) groups is 3. The van der Waals surface area contributed by atoms with Crippen LogP contribution in [0.1, 0.15) is 36.2 Å². The number of nitrogens with one attached hydrogen (secondary N) is 1. The molecule has 1 unspecified atom stereocenters. The summed E-state index contributed by atoms with van der Waals surface area (Å²) >= 11 is 0. The molecule has 3 amide bonds. The maximum Gasteiger partial charge on any atom is 0.248 e. The fourth-order valence-corrected chi connectivity index (χ4v) is 4.00. The van der Waals surface area contributed by atoms with Gasteiger partial charge in [-0.05, 0) is 30.2 Å². The zero-order valence-electron chi connectivity index (χ0n) is 18.4. The highest BCUT2D eigenvalue weighted by Crippen LogP contribution is 2.37. The molecule has 0 spiro atoms. The van der Waals surface area contributed by atoms with E-state index in [1.807, 2.05) is 25.1 Å². The van der Waals surface area contributed by atoms with Gasteiger partial charge in [-0.25, -0.2) is 0 Å². The number of rotatable bonds is 8. The minimum absolute atomic E-state index is 0.0224. The molecule has 2 aromatic rings. The monoisotopic (exact) mass is 440 g/mol. The molecule has 9 heteroatoms. The number of benzene rings is 2. The van der Waals surface area contributed by atoms with E-state index in [-0.39, 0.29) is 23.9 Å². The standard InChI is InChI=1S/C23H28N4O5/c1-4-14-12-32-27(20(14)23(25)30)11-15-6-5-7-19(21(15)31-3)16-8-17(22(24)29)10-18(9-16)26-13(2)28/h5-10,14,20H,4,11-12H2,1-3H3,(H2,24,29)(H2,25,30)(H,26,28)/t14?,20-/m0/s1. The van der Waals surface area contributed by atoms with Crippen LogP contribution in [0.15, 0.2) is 36.4 Å². The molecule has 0 aromatic heterocycles. The third kappa shape index (κ3) is 4.90. The molecule has 5 N–H and O–H groups in total. The average Bonchev–Trinajstić information content (AvgIpc) is 3.15. The number of hydrogen-bond acceptors (Lipinski definition) is 6. The Labute approximate surface area is 186 Å². The summed E-state index contributed by atoms with van der Waals surface area (Å²) in [5, 5.41) is 4.28. The van der Waals surface area contributed by atoms with Gasteiger partial charge in [0, 0.05) is 35.2 Å². The first-order valence-electron chi connectivity index (χ1n) is 10.3. The molecular weight excluding hydrogens is 412 g/mol. The Kier molecular flexibility index (Phi) is 7.12. The van der Waals surface area contributed by atoms with Crippen molar-refractivity contribution in [1.82, 2.24) is 5.06 Å². The molecule has 1 heterocycles. The van der Waals surface area contributed by atoms with Crippen molar-refractivity contribution in [3.05, 3.63) is 47.5 Å². The van der Waals surface area contributed by atoms with Crippen molar-refractivity contribution in [2.75, 3.05) is 19.0 Å². The van der Waals surface area contributed by atoms with Crippen LogP contribution in [-0.4, -0.2) is 42.5 Å². The van der Waals surface area contributed by atoms with Gasteiger partial charge in [-0.15, -0.1) is 0 Å². The molecule has 0 aliphatic carbocycles. The van der Waals surface area contributed by atoms with Gasteiger partial charge in [-0.1, -0.05) is 25.1 Å². The van der Waals surface area contributed by atoms with Crippen molar-refractivity contribution in [3.8, 4) is 16.9 Å². The normalized spacial score (nSPS) is 18.3. The first-order valence-corrected chi connectivity index (χ1v) is 10.3. The molecule has 9 nitrogen and oxygen atoms in total. The largest absolute Gasteiger partial charge is 0.496 e. The second kappa shape index (κ2) is 9.80. The molecule has 0 bridgehead atoms. The number of methoxy groups -OCH3 is 1. The van der Waals surface area contributed by atoms with Gasteiger partial charge in [0.25, 0.3) is 0 Å². The summed E-state index contributed by atoms with van der Waals surface area (Å²) in [5.41, 5.74) is 13.9. The maximum atomic E-state index is 12.0. The Morgan fingerprint density at radius 1 is 1.22 bits per heavy atom.